The van der Waals surface area contributed by atoms with E-state index in [0.29, 0.717) is 35.8 Å². The average molecular weight is 439 g/mol. The molecule has 1 aromatic heterocycles. The molecule has 0 saturated carbocycles. The van der Waals surface area contributed by atoms with E-state index < -0.39 is 0 Å². The van der Waals surface area contributed by atoms with E-state index in [9.17, 15) is 0 Å². The molecule has 0 aliphatic heterocycles. The zero-order chi connectivity index (χ0) is 20.0. The van der Waals surface area contributed by atoms with E-state index in [4.69, 9.17) is 14.2 Å². The molecular weight excluding hydrogens is 412 g/mol. The molecular formula is C19H27BrN4O3. The van der Waals surface area contributed by atoms with Crippen LogP contribution < -0.4 is 14.8 Å². The SMILES string of the molecule is CCC(COC)Nc1nc(C)nc(Oc2c(Br)cc(C(C)C)cc2OC)n1. The highest BCUT2D eigenvalue weighted by Gasteiger charge is 2.17. The molecule has 8 heteroatoms. The van der Waals surface area contributed by atoms with E-state index in [1.165, 1.54) is 0 Å². The van der Waals surface area contributed by atoms with Gasteiger partial charge in [-0.1, -0.05) is 20.8 Å². The zero-order valence-electron chi connectivity index (χ0n) is 16.7. The number of nitrogens with one attached hydrogen (secondary N) is 1. The van der Waals surface area contributed by atoms with Gasteiger partial charge in [-0.3, -0.25) is 0 Å². The summed E-state index contributed by atoms with van der Waals surface area (Å²) in [5.41, 5.74) is 1.14. The molecule has 1 atom stereocenters. The van der Waals surface area contributed by atoms with Gasteiger partial charge in [-0.25, -0.2) is 0 Å². The van der Waals surface area contributed by atoms with E-state index in [-0.39, 0.29) is 12.1 Å². The molecule has 1 heterocycles. The Balaban J connectivity index is 2.32. The van der Waals surface area contributed by atoms with Crippen molar-refractivity contribution in [2.24, 2.45) is 0 Å². The molecule has 0 aliphatic rings. The van der Waals surface area contributed by atoms with Crippen LogP contribution in [0.2, 0.25) is 0 Å². The first-order valence-corrected chi connectivity index (χ1v) is 9.70. The Morgan fingerprint density at radius 1 is 1.15 bits per heavy atom. The number of hydrogen-bond acceptors (Lipinski definition) is 7. The highest BCUT2D eigenvalue weighted by molar-refractivity contribution is 9.10. The molecule has 0 aliphatic carbocycles. The summed E-state index contributed by atoms with van der Waals surface area (Å²) in [5, 5.41) is 3.25. The Labute approximate surface area is 169 Å². The molecule has 2 rings (SSSR count). The van der Waals surface area contributed by atoms with E-state index >= 15 is 0 Å². The van der Waals surface area contributed by atoms with Crippen molar-refractivity contribution in [3.05, 3.63) is 28.0 Å². The normalized spacial score (nSPS) is 12.1. The smallest absolute Gasteiger partial charge is 0.327 e. The summed E-state index contributed by atoms with van der Waals surface area (Å²) < 4.78 is 17.5. The van der Waals surface area contributed by atoms with E-state index in [2.05, 4.69) is 57.0 Å². The second kappa shape index (κ2) is 9.85. The monoisotopic (exact) mass is 438 g/mol. The first-order chi connectivity index (χ1) is 12.9. The highest BCUT2D eigenvalue weighted by atomic mass is 79.9. The van der Waals surface area contributed by atoms with Crippen LogP contribution in [0, 0.1) is 6.92 Å². The molecule has 2 aromatic rings. The Morgan fingerprint density at radius 2 is 1.89 bits per heavy atom. The summed E-state index contributed by atoms with van der Waals surface area (Å²) in [6, 6.07) is 4.29. The molecule has 0 fully saturated rings. The summed E-state index contributed by atoms with van der Waals surface area (Å²) >= 11 is 3.57. The number of benzene rings is 1. The van der Waals surface area contributed by atoms with Crippen LogP contribution >= 0.6 is 15.9 Å². The van der Waals surface area contributed by atoms with Crippen molar-refractivity contribution in [2.75, 3.05) is 26.1 Å². The number of rotatable bonds is 9. The number of ether oxygens (including phenoxy) is 3. The van der Waals surface area contributed by atoms with Gasteiger partial charge in [-0.15, -0.1) is 0 Å². The molecule has 148 valence electrons. The van der Waals surface area contributed by atoms with Crippen LogP contribution in [-0.4, -0.2) is 41.8 Å². The van der Waals surface area contributed by atoms with Gasteiger partial charge in [0.15, 0.2) is 11.5 Å². The number of halogens is 1. The van der Waals surface area contributed by atoms with Crippen LogP contribution in [0.1, 0.15) is 44.5 Å². The predicted octanol–water partition coefficient (Wildman–Crippen LogP) is 4.70. The fraction of sp³-hybridized carbons (Fsp3) is 0.526. The molecule has 0 saturated heterocycles. The van der Waals surface area contributed by atoms with Crippen molar-refractivity contribution in [1.82, 2.24) is 15.0 Å². The summed E-state index contributed by atoms with van der Waals surface area (Å²) in [5.74, 6) is 2.53. The topological polar surface area (TPSA) is 78.4 Å². The second-order valence-electron chi connectivity index (χ2n) is 6.48. The fourth-order valence-electron chi connectivity index (χ4n) is 2.48. The Kier molecular flexibility index (Phi) is 7.79. The standard InChI is InChI=1S/C19H27BrN4O3/c1-7-14(10-25-5)23-18-21-12(4)22-19(24-18)27-17-15(20)8-13(11(2)3)9-16(17)26-6/h8-9,11,14H,7,10H2,1-6H3,(H,21,22,23,24). The van der Waals surface area contributed by atoms with Crippen molar-refractivity contribution in [3.63, 3.8) is 0 Å². The molecule has 0 bridgehead atoms. The molecule has 0 spiro atoms. The number of nitrogens with zero attached hydrogens (tertiary/aromatic N) is 3. The minimum absolute atomic E-state index is 0.108. The van der Waals surface area contributed by atoms with Crippen LogP contribution in [-0.2, 0) is 4.74 Å². The van der Waals surface area contributed by atoms with E-state index in [1.54, 1.807) is 21.1 Å². The lowest BCUT2D eigenvalue weighted by Gasteiger charge is -2.17. The number of methoxy groups -OCH3 is 2. The van der Waals surface area contributed by atoms with Crippen LogP contribution in [0.5, 0.6) is 17.5 Å². The maximum atomic E-state index is 5.96. The lowest BCUT2D eigenvalue weighted by atomic mass is 10.0. The quantitative estimate of drug-likeness (QED) is 0.607. The second-order valence-corrected chi connectivity index (χ2v) is 7.34. The molecule has 1 aromatic carbocycles. The Morgan fingerprint density at radius 3 is 2.48 bits per heavy atom. The fourth-order valence-corrected chi connectivity index (χ4v) is 3.02. The average Bonchev–Trinajstić information content (AvgIpc) is 2.62. The van der Waals surface area contributed by atoms with Gasteiger partial charge in [-0.2, -0.15) is 15.0 Å². The van der Waals surface area contributed by atoms with Crippen molar-refractivity contribution in [1.29, 1.82) is 0 Å². The third kappa shape index (κ3) is 5.77. The first kappa shape index (κ1) is 21.4. The molecule has 0 radical (unpaired) electrons. The third-order valence-corrected chi connectivity index (χ3v) is 4.62. The lowest BCUT2D eigenvalue weighted by Crippen LogP contribution is -2.25. The van der Waals surface area contributed by atoms with Crippen LogP contribution in [0.3, 0.4) is 0 Å². The summed E-state index contributed by atoms with van der Waals surface area (Å²) in [4.78, 5) is 13.0. The maximum absolute atomic E-state index is 5.96. The maximum Gasteiger partial charge on any atom is 0.327 e. The minimum atomic E-state index is 0.108. The van der Waals surface area contributed by atoms with Crippen molar-refractivity contribution < 1.29 is 14.2 Å². The number of aromatic nitrogens is 3. The largest absolute Gasteiger partial charge is 0.493 e. The van der Waals surface area contributed by atoms with Gasteiger partial charge in [0.05, 0.1) is 24.2 Å². The van der Waals surface area contributed by atoms with E-state index in [1.807, 2.05) is 12.1 Å². The van der Waals surface area contributed by atoms with Gasteiger partial charge < -0.3 is 19.5 Å². The van der Waals surface area contributed by atoms with Crippen molar-refractivity contribution >= 4 is 21.9 Å². The molecule has 7 nitrogen and oxygen atoms in total. The van der Waals surface area contributed by atoms with Crippen molar-refractivity contribution in [2.45, 2.75) is 46.1 Å². The van der Waals surface area contributed by atoms with Crippen molar-refractivity contribution in [3.8, 4) is 17.5 Å². The summed E-state index contributed by atoms with van der Waals surface area (Å²) in [7, 11) is 3.28. The molecule has 1 unspecified atom stereocenters. The highest BCUT2D eigenvalue weighted by Crippen LogP contribution is 2.40. The number of hydrogen-bond donors (Lipinski definition) is 1. The van der Waals surface area contributed by atoms with Gasteiger partial charge >= 0.3 is 6.01 Å². The number of aryl methyl sites for hydroxylation is 1. The Hall–Kier alpha value is -1.93. The minimum Gasteiger partial charge on any atom is -0.493 e. The molecule has 1 N–H and O–H groups in total. The predicted molar refractivity (Wildman–Crippen MR) is 109 cm³/mol. The van der Waals surface area contributed by atoms with Crippen LogP contribution in [0.25, 0.3) is 0 Å². The summed E-state index contributed by atoms with van der Waals surface area (Å²) in [6.07, 6.45) is 0.880. The van der Waals surface area contributed by atoms with Gasteiger partial charge in [0, 0.05) is 7.11 Å². The number of anilines is 1. The zero-order valence-corrected chi connectivity index (χ0v) is 18.3. The van der Waals surface area contributed by atoms with Crippen LogP contribution in [0.15, 0.2) is 16.6 Å². The third-order valence-electron chi connectivity index (χ3n) is 4.03. The van der Waals surface area contributed by atoms with Gasteiger partial charge in [0.1, 0.15) is 5.82 Å². The first-order valence-electron chi connectivity index (χ1n) is 8.91. The molecule has 0 amide bonds. The van der Waals surface area contributed by atoms with Gasteiger partial charge in [-0.05, 0) is 52.9 Å². The summed E-state index contributed by atoms with van der Waals surface area (Å²) in [6.45, 7) is 8.68. The van der Waals surface area contributed by atoms with Gasteiger partial charge in [0.25, 0.3) is 0 Å². The van der Waals surface area contributed by atoms with Crippen LogP contribution in [0.4, 0.5) is 5.95 Å². The lowest BCUT2D eigenvalue weighted by molar-refractivity contribution is 0.184. The Bertz CT molecular complexity index is 771. The van der Waals surface area contributed by atoms with Gasteiger partial charge in [0.2, 0.25) is 5.95 Å². The molecule has 27 heavy (non-hydrogen) atoms. The van der Waals surface area contributed by atoms with E-state index in [0.717, 1.165) is 16.5 Å².